The number of imidazole rings is 1. The third kappa shape index (κ3) is 1.73. The van der Waals surface area contributed by atoms with Gasteiger partial charge in [0.05, 0.1) is 17.1 Å². The molecule has 0 radical (unpaired) electrons. The molecule has 0 saturated carbocycles. The third-order valence-corrected chi connectivity index (χ3v) is 4.41. The molecule has 0 aliphatic carbocycles. The molecule has 88 valence electrons. The molecule has 4 nitrogen and oxygen atoms in total. The van der Waals surface area contributed by atoms with Crippen molar-refractivity contribution in [3.63, 3.8) is 0 Å². The van der Waals surface area contributed by atoms with Crippen LogP contribution in [-0.2, 0) is 6.42 Å². The van der Waals surface area contributed by atoms with Gasteiger partial charge in [-0.3, -0.25) is 4.40 Å². The van der Waals surface area contributed by atoms with Crippen molar-refractivity contribution in [1.82, 2.24) is 14.4 Å². The minimum atomic E-state index is 0.625. The average Bonchev–Trinajstić information content (AvgIpc) is 2.91. The zero-order chi connectivity index (χ0) is 12.0. The first-order valence-electron chi connectivity index (χ1n) is 5.27. The predicted molar refractivity (Wildman–Crippen MR) is 71.9 cm³/mol. The van der Waals surface area contributed by atoms with Crippen LogP contribution in [-0.4, -0.2) is 14.4 Å². The summed E-state index contributed by atoms with van der Waals surface area (Å²) in [4.78, 5) is 9.92. The van der Waals surface area contributed by atoms with Crippen LogP contribution in [0.15, 0.2) is 10.8 Å². The van der Waals surface area contributed by atoms with Gasteiger partial charge in [0, 0.05) is 22.9 Å². The first-order valence-corrected chi connectivity index (χ1v) is 7.03. The third-order valence-electron chi connectivity index (χ3n) is 2.75. The van der Waals surface area contributed by atoms with E-state index >= 15 is 0 Å². The SMILES string of the molecule is Cc1nc2scc(C)n2c1Cc1csc(N)n1. The molecule has 0 fully saturated rings. The Balaban J connectivity index is 2.10. The van der Waals surface area contributed by atoms with Crippen molar-refractivity contribution in [3.8, 4) is 0 Å². The summed E-state index contributed by atoms with van der Waals surface area (Å²) in [6, 6.07) is 0. The number of aryl methyl sites for hydroxylation is 2. The Hall–Kier alpha value is -1.40. The topological polar surface area (TPSA) is 56.2 Å². The van der Waals surface area contributed by atoms with Crippen molar-refractivity contribution in [1.29, 1.82) is 0 Å². The van der Waals surface area contributed by atoms with Crippen LogP contribution in [0.25, 0.3) is 4.96 Å². The summed E-state index contributed by atoms with van der Waals surface area (Å²) >= 11 is 3.16. The second kappa shape index (κ2) is 3.82. The molecule has 0 saturated heterocycles. The quantitative estimate of drug-likeness (QED) is 0.774. The van der Waals surface area contributed by atoms with E-state index in [4.69, 9.17) is 5.73 Å². The lowest BCUT2D eigenvalue weighted by molar-refractivity contribution is 0.963. The second-order valence-corrected chi connectivity index (χ2v) is 5.72. The normalized spacial score (nSPS) is 11.4. The van der Waals surface area contributed by atoms with Crippen molar-refractivity contribution in [2.24, 2.45) is 0 Å². The van der Waals surface area contributed by atoms with Gasteiger partial charge in [-0.15, -0.1) is 22.7 Å². The fourth-order valence-electron chi connectivity index (χ4n) is 1.95. The smallest absolute Gasteiger partial charge is 0.194 e. The number of hydrogen-bond acceptors (Lipinski definition) is 5. The van der Waals surface area contributed by atoms with E-state index < -0.39 is 0 Å². The molecular formula is C11H12N4S2. The first kappa shape index (κ1) is 10.7. The molecule has 3 aromatic rings. The molecule has 0 aliphatic heterocycles. The van der Waals surface area contributed by atoms with E-state index in [2.05, 4.69) is 26.7 Å². The Bertz CT molecular complexity index is 677. The molecule has 3 heterocycles. The van der Waals surface area contributed by atoms with E-state index in [9.17, 15) is 0 Å². The number of nitrogens with two attached hydrogens (primary N) is 1. The van der Waals surface area contributed by atoms with Gasteiger partial charge in [0.15, 0.2) is 10.1 Å². The van der Waals surface area contributed by atoms with E-state index in [-0.39, 0.29) is 0 Å². The molecule has 6 heteroatoms. The first-order chi connectivity index (χ1) is 8.15. The van der Waals surface area contributed by atoms with Crippen LogP contribution in [0.4, 0.5) is 5.13 Å². The van der Waals surface area contributed by atoms with E-state index in [1.54, 1.807) is 11.3 Å². The Morgan fingerprint density at radius 3 is 2.76 bits per heavy atom. The molecule has 0 aliphatic rings. The van der Waals surface area contributed by atoms with Crippen molar-refractivity contribution in [2.75, 3.05) is 5.73 Å². The van der Waals surface area contributed by atoms with Crippen LogP contribution in [0.2, 0.25) is 0 Å². The Morgan fingerprint density at radius 2 is 2.06 bits per heavy atom. The highest BCUT2D eigenvalue weighted by Crippen LogP contribution is 2.23. The Kier molecular flexibility index (Phi) is 2.41. The number of aromatic nitrogens is 3. The number of nitrogen functional groups attached to an aromatic ring is 1. The van der Waals surface area contributed by atoms with Crippen LogP contribution < -0.4 is 5.73 Å². The molecule has 3 aromatic heterocycles. The standard InChI is InChI=1S/C11H12N4S2/c1-6-4-17-11-13-7(2)9(15(6)11)3-8-5-16-10(12)14-8/h4-5H,3H2,1-2H3,(H2,12,14). The maximum absolute atomic E-state index is 5.66. The van der Waals surface area contributed by atoms with E-state index in [1.165, 1.54) is 22.7 Å². The average molecular weight is 264 g/mol. The van der Waals surface area contributed by atoms with Gasteiger partial charge in [0.25, 0.3) is 0 Å². The summed E-state index contributed by atoms with van der Waals surface area (Å²) < 4.78 is 2.20. The molecular weight excluding hydrogens is 252 g/mol. The van der Waals surface area contributed by atoms with Crippen molar-refractivity contribution < 1.29 is 0 Å². The highest BCUT2D eigenvalue weighted by atomic mass is 32.1. The molecule has 0 aromatic carbocycles. The summed E-state index contributed by atoms with van der Waals surface area (Å²) in [6.07, 6.45) is 0.790. The summed E-state index contributed by atoms with van der Waals surface area (Å²) in [5, 5.41) is 4.76. The van der Waals surface area contributed by atoms with E-state index in [0.29, 0.717) is 5.13 Å². The lowest BCUT2D eigenvalue weighted by Gasteiger charge is -2.00. The molecule has 17 heavy (non-hydrogen) atoms. The van der Waals surface area contributed by atoms with Crippen LogP contribution in [0.5, 0.6) is 0 Å². The predicted octanol–water partition coefficient (Wildman–Crippen LogP) is 2.64. The lowest BCUT2D eigenvalue weighted by atomic mass is 10.2. The van der Waals surface area contributed by atoms with Crippen LogP contribution in [0, 0.1) is 13.8 Å². The summed E-state index contributed by atoms with van der Waals surface area (Å²) in [5.41, 5.74) is 10.2. The minimum absolute atomic E-state index is 0.625. The van der Waals surface area contributed by atoms with Gasteiger partial charge in [-0.05, 0) is 13.8 Å². The van der Waals surface area contributed by atoms with Crippen LogP contribution >= 0.6 is 22.7 Å². The fourth-order valence-corrected chi connectivity index (χ4v) is 3.44. The lowest BCUT2D eigenvalue weighted by Crippen LogP contribution is -1.98. The van der Waals surface area contributed by atoms with E-state index in [0.717, 1.165) is 22.8 Å². The molecule has 0 amide bonds. The molecule has 0 bridgehead atoms. The number of rotatable bonds is 2. The number of nitrogens with zero attached hydrogens (tertiary/aromatic N) is 3. The van der Waals surface area contributed by atoms with Gasteiger partial charge in [-0.1, -0.05) is 0 Å². The molecule has 0 unspecified atom stereocenters. The maximum atomic E-state index is 5.66. The highest BCUT2D eigenvalue weighted by Gasteiger charge is 2.13. The van der Waals surface area contributed by atoms with Crippen LogP contribution in [0.3, 0.4) is 0 Å². The molecule has 3 rings (SSSR count). The number of fused-ring (bicyclic) bond motifs is 1. The zero-order valence-electron chi connectivity index (χ0n) is 9.60. The van der Waals surface area contributed by atoms with Crippen molar-refractivity contribution in [2.45, 2.75) is 20.3 Å². The summed E-state index contributed by atoms with van der Waals surface area (Å²) in [5.74, 6) is 0. The maximum Gasteiger partial charge on any atom is 0.194 e. The second-order valence-electron chi connectivity index (χ2n) is 3.99. The highest BCUT2D eigenvalue weighted by molar-refractivity contribution is 7.15. The van der Waals surface area contributed by atoms with Crippen molar-refractivity contribution >= 4 is 32.8 Å². The summed E-state index contributed by atoms with van der Waals surface area (Å²) in [6.45, 7) is 4.15. The zero-order valence-corrected chi connectivity index (χ0v) is 11.2. The largest absolute Gasteiger partial charge is 0.375 e. The molecule has 0 spiro atoms. The monoisotopic (exact) mass is 264 g/mol. The Morgan fingerprint density at radius 1 is 1.24 bits per heavy atom. The minimum Gasteiger partial charge on any atom is -0.375 e. The van der Waals surface area contributed by atoms with Gasteiger partial charge in [-0.2, -0.15) is 0 Å². The fraction of sp³-hybridized carbons (Fsp3) is 0.273. The van der Waals surface area contributed by atoms with Gasteiger partial charge in [0.1, 0.15) is 0 Å². The molecule has 0 atom stereocenters. The van der Waals surface area contributed by atoms with Crippen LogP contribution in [0.1, 0.15) is 22.8 Å². The van der Waals surface area contributed by atoms with Crippen molar-refractivity contribution in [3.05, 3.63) is 33.5 Å². The summed E-state index contributed by atoms with van der Waals surface area (Å²) in [7, 11) is 0. The number of hydrogen-bond donors (Lipinski definition) is 1. The van der Waals surface area contributed by atoms with Gasteiger partial charge < -0.3 is 5.73 Å². The van der Waals surface area contributed by atoms with Gasteiger partial charge >= 0.3 is 0 Å². The Labute approximate surface area is 107 Å². The van der Waals surface area contributed by atoms with E-state index in [1.807, 2.05) is 12.3 Å². The number of thiazole rings is 2. The van der Waals surface area contributed by atoms with Gasteiger partial charge in [-0.25, -0.2) is 9.97 Å². The number of anilines is 1. The molecule has 2 N–H and O–H groups in total. The van der Waals surface area contributed by atoms with Gasteiger partial charge in [0.2, 0.25) is 0 Å².